The summed E-state index contributed by atoms with van der Waals surface area (Å²) in [5.41, 5.74) is 0.472. The van der Waals surface area contributed by atoms with Crippen LogP contribution in [0.5, 0.6) is 0 Å². The lowest BCUT2D eigenvalue weighted by molar-refractivity contribution is 0.163. The van der Waals surface area contributed by atoms with Gasteiger partial charge in [0.25, 0.3) is 0 Å². The third-order valence-electron chi connectivity index (χ3n) is 4.94. The van der Waals surface area contributed by atoms with Crippen LogP contribution in [-0.4, -0.2) is 24.2 Å². The molecule has 2 atom stereocenters. The second kappa shape index (κ2) is 6.69. The zero-order valence-electron chi connectivity index (χ0n) is 17.0. The molecule has 1 aromatic rings. The number of nitrogens with one attached hydrogen (secondary N) is 1. The molecule has 1 aromatic heterocycles. The SMILES string of the molecule is CC1CC(NS(=O)(=O)c2cn(C(C)C)nc2C(C)(C)C)CC(C)(C)C1. The van der Waals surface area contributed by atoms with Crippen molar-refractivity contribution in [1.82, 2.24) is 14.5 Å². The first-order chi connectivity index (χ1) is 11.2. The van der Waals surface area contributed by atoms with Crippen LogP contribution in [0.3, 0.4) is 0 Å². The molecule has 25 heavy (non-hydrogen) atoms. The molecule has 0 amide bonds. The fourth-order valence-corrected chi connectivity index (χ4v) is 5.67. The minimum Gasteiger partial charge on any atom is -0.269 e. The van der Waals surface area contributed by atoms with Gasteiger partial charge >= 0.3 is 0 Å². The van der Waals surface area contributed by atoms with Gasteiger partial charge in [-0.3, -0.25) is 4.68 Å². The van der Waals surface area contributed by atoms with E-state index in [1.165, 1.54) is 0 Å². The zero-order valence-corrected chi connectivity index (χ0v) is 17.9. The highest BCUT2D eigenvalue weighted by atomic mass is 32.2. The highest BCUT2D eigenvalue weighted by molar-refractivity contribution is 7.89. The van der Waals surface area contributed by atoms with E-state index in [4.69, 9.17) is 0 Å². The molecule has 0 spiro atoms. The fraction of sp³-hybridized carbons (Fsp3) is 0.842. The van der Waals surface area contributed by atoms with Crippen LogP contribution >= 0.6 is 0 Å². The Kier molecular flexibility index (Phi) is 5.47. The number of sulfonamides is 1. The van der Waals surface area contributed by atoms with Gasteiger partial charge in [-0.1, -0.05) is 41.5 Å². The summed E-state index contributed by atoms with van der Waals surface area (Å²) in [6, 6.07) is 0.109. The quantitative estimate of drug-likeness (QED) is 0.862. The first-order valence-corrected chi connectivity index (χ1v) is 10.8. The van der Waals surface area contributed by atoms with Crippen LogP contribution in [0.2, 0.25) is 0 Å². The summed E-state index contributed by atoms with van der Waals surface area (Å²) in [6.07, 6.45) is 4.60. The first-order valence-electron chi connectivity index (χ1n) is 9.33. The maximum Gasteiger partial charge on any atom is 0.244 e. The smallest absolute Gasteiger partial charge is 0.244 e. The normalized spacial score (nSPS) is 24.7. The molecule has 0 aliphatic heterocycles. The lowest BCUT2D eigenvalue weighted by atomic mass is 9.71. The molecule has 5 nitrogen and oxygen atoms in total. The molecule has 0 radical (unpaired) electrons. The fourth-order valence-electron chi connectivity index (χ4n) is 4.07. The second-order valence-corrected chi connectivity index (χ2v) is 11.6. The van der Waals surface area contributed by atoms with Crippen molar-refractivity contribution in [3.05, 3.63) is 11.9 Å². The Morgan fingerprint density at radius 1 is 1.28 bits per heavy atom. The minimum absolute atomic E-state index is 0.0148. The summed E-state index contributed by atoms with van der Waals surface area (Å²) >= 11 is 0. The van der Waals surface area contributed by atoms with E-state index < -0.39 is 10.0 Å². The zero-order chi connectivity index (χ0) is 19.2. The predicted molar refractivity (Wildman–Crippen MR) is 102 cm³/mol. The van der Waals surface area contributed by atoms with Gasteiger partial charge in [0, 0.05) is 23.7 Å². The van der Waals surface area contributed by atoms with E-state index in [0.717, 1.165) is 19.3 Å². The van der Waals surface area contributed by atoms with E-state index in [9.17, 15) is 8.42 Å². The van der Waals surface area contributed by atoms with Crippen LogP contribution in [0.1, 0.15) is 86.4 Å². The topological polar surface area (TPSA) is 64.0 Å². The van der Waals surface area contributed by atoms with Crippen LogP contribution in [-0.2, 0) is 15.4 Å². The largest absolute Gasteiger partial charge is 0.269 e. The summed E-state index contributed by atoms with van der Waals surface area (Å²) in [6.45, 7) is 16.7. The van der Waals surface area contributed by atoms with E-state index in [2.05, 4.69) is 30.6 Å². The van der Waals surface area contributed by atoms with Gasteiger partial charge in [0.15, 0.2) is 0 Å². The number of nitrogens with zero attached hydrogens (tertiary/aromatic N) is 2. The molecule has 1 saturated carbocycles. The van der Waals surface area contributed by atoms with Crippen LogP contribution in [0, 0.1) is 11.3 Å². The standard InChI is InChI=1S/C19H35N3O2S/c1-13(2)22-12-16(17(20-22)18(4,5)6)25(23,24)21-15-9-14(3)10-19(7,8)11-15/h12-15,21H,9-11H2,1-8H3. The Labute approximate surface area is 153 Å². The average molecular weight is 370 g/mol. The number of aromatic nitrogens is 2. The van der Waals surface area contributed by atoms with Crippen LogP contribution < -0.4 is 4.72 Å². The van der Waals surface area contributed by atoms with Crippen molar-refractivity contribution < 1.29 is 8.42 Å². The van der Waals surface area contributed by atoms with E-state index in [1.54, 1.807) is 10.9 Å². The molecule has 2 unspecified atom stereocenters. The minimum atomic E-state index is -3.59. The van der Waals surface area contributed by atoms with Crippen molar-refractivity contribution in [3.8, 4) is 0 Å². The van der Waals surface area contributed by atoms with Crippen molar-refractivity contribution >= 4 is 10.0 Å². The highest BCUT2D eigenvalue weighted by Gasteiger charge is 2.36. The van der Waals surface area contributed by atoms with Gasteiger partial charge in [0.2, 0.25) is 10.0 Å². The molecule has 0 saturated heterocycles. The maximum absolute atomic E-state index is 13.2. The van der Waals surface area contributed by atoms with Crippen LogP contribution in [0.25, 0.3) is 0 Å². The van der Waals surface area contributed by atoms with Crippen molar-refractivity contribution in [2.45, 2.75) is 97.0 Å². The number of hydrogen-bond donors (Lipinski definition) is 1. The van der Waals surface area contributed by atoms with Crippen LogP contribution in [0.15, 0.2) is 11.1 Å². The van der Waals surface area contributed by atoms with E-state index in [0.29, 0.717) is 16.5 Å². The summed E-state index contributed by atoms with van der Waals surface area (Å²) in [7, 11) is -3.59. The Morgan fingerprint density at radius 3 is 2.36 bits per heavy atom. The monoisotopic (exact) mass is 369 g/mol. The second-order valence-electron chi connectivity index (χ2n) is 9.90. The maximum atomic E-state index is 13.2. The predicted octanol–water partition coefficient (Wildman–Crippen LogP) is 4.25. The van der Waals surface area contributed by atoms with Crippen LogP contribution in [0.4, 0.5) is 0 Å². The molecule has 0 aromatic carbocycles. The van der Waals surface area contributed by atoms with Gasteiger partial charge < -0.3 is 0 Å². The van der Waals surface area contributed by atoms with Gasteiger partial charge in [-0.25, -0.2) is 13.1 Å². The van der Waals surface area contributed by atoms with Gasteiger partial charge in [0.05, 0.1) is 5.69 Å². The Bertz CT molecular complexity index is 712. The summed E-state index contributed by atoms with van der Waals surface area (Å²) < 4.78 is 31.0. The van der Waals surface area contributed by atoms with Crippen molar-refractivity contribution in [2.24, 2.45) is 11.3 Å². The summed E-state index contributed by atoms with van der Waals surface area (Å²) in [5.74, 6) is 0.525. The van der Waals surface area contributed by atoms with Crippen molar-refractivity contribution in [3.63, 3.8) is 0 Å². The van der Waals surface area contributed by atoms with Gasteiger partial charge in [-0.15, -0.1) is 0 Å². The van der Waals surface area contributed by atoms with Gasteiger partial charge in [-0.2, -0.15) is 5.10 Å². The molecule has 1 fully saturated rings. The van der Waals surface area contributed by atoms with Gasteiger partial charge in [0.1, 0.15) is 4.90 Å². The molecular weight excluding hydrogens is 334 g/mol. The first kappa shape index (κ1) is 20.4. The lowest BCUT2D eigenvalue weighted by Crippen LogP contribution is -2.43. The molecule has 1 N–H and O–H groups in total. The Morgan fingerprint density at radius 2 is 1.88 bits per heavy atom. The number of rotatable bonds is 4. The van der Waals surface area contributed by atoms with Gasteiger partial charge in [-0.05, 0) is 44.4 Å². The summed E-state index contributed by atoms with van der Waals surface area (Å²) in [4.78, 5) is 0.324. The molecule has 1 aliphatic carbocycles. The van der Waals surface area contributed by atoms with Crippen molar-refractivity contribution in [1.29, 1.82) is 0 Å². The Balaban J connectivity index is 2.36. The third kappa shape index (κ3) is 4.85. The molecule has 144 valence electrons. The number of hydrogen-bond acceptors (Lipinski definition) is 3. The average Bonchev–Trinajstić information content (AvgIpc) is 2.80. The van der Waals surface area contributed by atoms with E-state index >= 15 is 0 Å². The highest BCUT2D eigenvalue weighted by Crippen LogP contribution is 2.39. The Hall–Kier alpha value is -0.880. The van der Waals surface area contributed by atoms with E-state index in [1.807, 2.05) is 34.6 Å². The molecule has 1 aliphatic rings. The molecule has 2 rings (SSSR count). The molecule has 1 heterocycles. The molecule has 6 heteroatoms. The van der Waals surface area contributed by atoms with Crippen molar-refractivity contribution in [2.75, 3.05) is 0 Å². The molecule has 0 bridgehead atoms. The van der Waals surface area contributed by atoms with E-state index in [-0.39, 0.29) is 22.9 Å². The lowest BCUT2D eigenvalue weighted by Gasteiger charge is -2.39. The summed E-state index contributed by atoms with van der Waals surface area (Å²) in [5, 5.41) is 4.58. The molecular formula is C19H35N3O2S. The third-order valence-corrected chi connectivity index (χ3v) is 6.46.